The van der Waals surface area contributed by atoms with Crippen LogP contribution in [-0.4, -0.2) is 13.2 Å². The molecule has 2 N–H and O–H groups in total. The van der Waals surface area contributed by atoms with Gasteiger partial charge in [0.2, 0.25) is 0 Å². The first kappa shape index (κ1) is 10.1. The lowest BCUT2D eigenvalue weighted by molar-refractivity contribution is 0.328. The van der Waals surface area contributed by atoms with E-state index in [9.17, 15) is 0 Å². The fraction of sp³-hybridized carbons (Fsp3) is 0.455. The fourth-order valence-electron chi connectivity index (χ4n) is 1.13. The van der Waals surface area contributed by atoms with E-state index in [0.717, 1.165) is 5.75 Å². The van der Waals surface area contributed by atoms with E-state index < -0.39 is 0 Å². The van der Waals surface area contributed by atoms with E-state index in [-0.39, 0.29) is 0 Å². The van der Waals surface area contributed by atoms with Crippen LogP contribution in [0.3, 0.4) is 0 Å². The molecular weight excluding hydrogens is 162 g/mol. The second kappa shape index (κ2) is 4.87. The van der Waals surface area contributed by atoms with Crippen LogP contribution in [0.2, 0.25) is 0 Å². The second-order valence-electron chi connectivity index (χ2n) is 3.36. The molecule has 1 aromatic carbocycles. The van der Waals surface area contributed by atoms with Crippen LogP contribution < -0.4 is 10.5 Å². The summed E-state index contributed by atoms with van der Waals surface area (Å²) in [6.45, 7) is 5.50. The van der Waals surface area contributed by atoms with E-state index in [1.807, 2.05) is 12.1 Å². The first-order valence-corrected chi connectivity index (χ1v) is 4.67. The zero-order valence-corrected chi connectivity index (χ0v) is 8.29. The Labute approximate surface area is 79.7 Å². The van der Waals surface area contributed by atoms with Gasteiger partial charge in [-0.05, 0) is 23.6 Å². The van der Waals surface area contributed by atoms with Crippen LogP contribution in [0.5, 0.6) is 5.75 Å². The molecule has 2 nitrogen and oxygen atoms in total. The second-order valence-corrected chi connectivity index (χ2v) is 3.36. The highest BCUT2D eigenvalue weighted by atomic mass is 16.5. The highest BCUT2D eigenvalue weighted by Crippen LogP contribution is 2.18. The zero-order chi connectivity index (χ0) is 9.68. The monoisotopic (exact) mass is 179 g/mol. The topological polar surface area (TPSA) is 35.2 Å². The van der Waals surface area contributed by atoms with Crippen LogP contribution in [0.15, 0.2) is 24.3 Å². The number of benzene rings is 1. The van der Waals surface area contributed by atoms with Crippen molar-refractivity contribution in [1.82, 2.24) is 0 Å². The van der Waals surface area contributed by atoms with Crippen molar-refractivity contribution in [2.45, 2.75) is 19.8 Å². The molecule has 0 unspecified atom stereocenters. The van der Waals surface area contributed by atoms with Crippen molar-refractivity contribution in [2.24, 2.45) is 5.73 Å². The molecule has 0 aromatic heterocycles. The minimum Gasteiger partial charge on any atom is -0.492 e. The smallest absolute Gasteiger partial charge is 0.119 e. The third-order valence-electron chi connectivity index (χ3n) is 1.93. The van der Waals surface area contributed by atoms with E-state index in [4.69, 9.17) is 10.5 Å². The number of nitrogens with two attached hydrogens (primary N) is 1. The molecule has 0 spiro atoms. The molecule has 0 heterocycles. The van der Waals surface area contributed by atoms with Gasteiger partial charge >= 0.3 is 0 Å². The highest BCUT2D eigenvalue weighted by Gasteiger charge is 1.98. The van der Waals surface area contributed by atoms with Gasteiger partial charge in [-0.25, -0.2) is 0 Å². The van der Waals surface area contributed by atoms with Crippen molar-refractivity contribution < 1.29 is 4.74 Å². The molecule has 2 heteroatoms. The maximum Gasteiger partial charge on any atom is 0.119 e. The Morgan fingerprint density at radius 2 is 1.85 bits per heavy atom. The van der Waals surface area contributed by atoms with Crippen molar-refractivity contribution in [1.29, 1.82) is 0 Å². The Bertz CT molecular complexity index is 241. The van der Waals surface area contributed by atoms with E-state index in [1.165, 1.54) is 5.56 Å². The molecule has 0 saturated heterocycles. The van der Waals surface area contributed by atoms with Crippen molar-refractivity contribution >= 4 is 0 Å². The molecule has 0 amide bonds. The molecule has 13 heavy (non-hydrogen) atoms. The lowest BCUT2D eigenvalue weighted by Gasteiger charge is -2.07. The van der Waals surface area contributed by atoms with Gasteiger partial charge < -0.3 is 10.5 Å². The standard InChI is InChI=1S/C11H17NO/c1-9(2)10-3-5-11(6-4-10)13-8-7-12/h3-6,9H,7-8,12H2,1-2H3. The minimum atomic E-state index is 0.561. The van der Waals surface area contributed by atoms with Gasteiger partial charge in [-0.2, -0.15) is 0 Å². The lowest BCUT2D eigenvalue weighted by atomic mass is 10.0. The van der Waals surface area contributed by atoms with Crippen LogP contribution in [0.4, 0.5) is 0 Å². The third kappa shape index (κ3) is 3.07. The first-order chi connectivity index (χ1) is 6.24. The average molecular weight is 179 g/mol. The number of rotatable bonds is 4. The maximum atomic E-state index is 5.36. The predicted octanol–water partition coefficient (Wildman–Crippen LogP) is 2.15. The first-order valence-electron chi connectivity index (χ1n) is 4.67. The summed E-state index contributed by atoms with van der Waals surface area (Å²) in [5, 5.41) is 0. The molecule has 72 valence electrons. The van der Waals surface area contributed by atoms with Crippen LogP contribution in [-0.2, 0) is 0 Å². The Balaban J connectivity index is 2.59. The summed E-state index contributed by atoms with van der Waals surface area (Å²) in [7, 11) is 0. The fourth-order valence-corrected chi connectivity index (χ4v) is 1.13. The molecule has 0 aliphatic rings. The maximum absolute atomic E-state index is 5.36. The van der Waals surface area contributed by atoms with Gasteiger partial charge in [-0.3, -0.25) is 0 Å². The van der Waals surface area contributed by atoms with E-state index in [0.29, 0.717) is 19.1 Å². The van der Waals surface area contributed by atoms with Gasteiger partial charge in [-0.1, -0.05) is 26.0 Å². The Kier molecular flexibility index (Phi) is 3.77. The molecule has 0 bridgehead atoms. The van der Waals surface area contributed by atoms with Gasteiger partial charge in [0, 0.05) is 6.54 Å². The molecule has 0 radical (unpaired) electrons. The zero-order valence-electron chi connectivity index (χ0n) is 8.29. The molecular formula is C11H17NO. The molecule has 0 atom stereocenters. The van der Waals surface area contributed by atoms with Crippen molar-refractivity contribution in [3.8, 4) is 5.75 Å². The molecule has 0 aliphatic carbocycles. The van der Waals surface area contributed by atoms with Gasteiger partial charge in [0.25, 0.3) is 0 Å². The summed E-state index contributed by atoms with van der Waals surface area (Å²) in [6.07, 6.45) is 0. The van der Waals surface area contributed by atoms with Gasteiger partial charge in [0.05, 0.1) is 0 Å². The predicted molar refractivity (Wildman–Crippen MR) is 55.1 cm³/mol. The van der Waals surface area contributed by atoms with E-state index in [2.05, 4.69) is 26.0 Å². The summed E-state index contributed by atoms with van der Waals surface area (Å²) < 4.78 is 5.36. The van der Waals surface area contributed by atoms with E-state index in [1.54, 1.807) is 0 Å². The van der Waals surface area contributed by atoms with Crippen molar-refractivity contribution in [3.05, 3.63) is 29.8 Å². The molecule has 1 rings (SSSR count). The van der Waals surface area contributed by atoms with Crippen LogP contribution >= 0.6 is 0 Å². The summed E-state index contributed by atoms with van der Waals surface area (Å²) >= 11 is 0. The Hall–Kier alpha value is -1.02. The molecule has 1 aromatic rings. The number of ether oxygens (including phenoxy) is 1. The third-order valence-corrected chi connectivity index (χ3v) is 1.93. The lowest BCUT2D eigenvalue weighted by Crippen LogP contribution is -2.10. The number of hydrogen-bond acceptors (Lipinski definition) is 2. The normalized spacial score (nSPS) is 10.5. The molecule has 0 fully saturated rings. The van der Waals surface area contributed by atoms with Gasteiger partial charge in [0.1, 0.15) is 12.4 Å². The summed E-state index contributed by atoms with van der Waals surface area (Å²) in [5.74, 6) is 1.47. The molecule has 0 aliphatic heterocycles. The molecule has 0 saturated carbocycles. The Morgan fingerprint density at radius 3 is 2.31 bits per heavy atom. The van der Waals surface area contributed by atoms with E-state index >= 15 is 0 Å². The highest BCUT2D eigenvalue weighted by molar-refractivity contribution is 5.28. The quantitative estimate of drug-likeness (QED) is 0.768. The number of hydrogen-bond donors (Lipinski definition) is 1. The van der Waals surface area contributed by atoms with Gasteiger partial charge in [0.15, 0.2) is 0 Å². The largest absolute Gasteiger partial charge is 0.492 e. The average Bonchev–Trinajstić information content (AvgIpc) is 2.15. The van der Waals surface area contributed by atoms with Crippen LogP contribution in [0.1, 0.15) is 25.3 Å². The van der Waals surface area contributed by atoms with Crippen molar-refractivity contribution in [3.63, 3.8) is 0 Å². The summed E-state index contributed by atoms with van der Waals surface area (Å²) in [4.78, 5) is 0. The Morgan fingerprint density at radius 1 is 1.23 bits per heavy atom. The summed E-state index contributed by atoms with van der Waals surface area (Å²) in [6, 6.07) is 8.17. The van der Waals surface area contributed by atoms with Crippen molar-refractivity contribution in [2.75, 3.05) is 13.2 Å². The summed E-state index contributed by atoms with van der Waals surface area (Å²) in [5.41, 5.74) is 6.66. The van der Waals surface area contributed by atoms with Crippen LogP contribution in [0, 0.1) is 0 Å². The SMILES string of the molecule is CC(C)c1ccc(OCCN)cc1. The van der Waals surface area contributed by atoms with Gasteiger partial charge in [-0.15, -0.1) is 0 Å². The minimum absolute atomic E-state index is 0.561. The van der Waals surface area contributed by atoms with Crippen LogP contribution in [0.25, 0.3) is 0 Å².